The molecule has 2 saturated carbocycles. The average Bonchev–Trinajstić information content (AvgIpc) is 3.44. The number of fused-ring (bicyclic) bond motifs is 1. The van der Waals surface area contributed by atoms with Crippen molar-refractivity contribution in [2.24, 2.45) is 0 Å². The fourth-order valence-electron chi connectivity index (χ4n) is 4.84. The normalized spacial score (nSPS) is 21.5. The standard InChI is InChI=1S/C23H28ClN7O/c24-20-12-19(18-13-26-21-17(18)6-3-11-25-21)30-22(31-20)27-15-7-9-16(10-8-15)29-23(32)28-14-4-1-2-5-14/h3,6,11-16H,1-2,4-5,7-10H2,(H,25,26)(H,27,30,31)(H2,28,29,32). The van der Waals surface area contributed by atoms with E-state index in [1.165, 1.54) is 12.8 Å². The molecule has 32 heavy (non-hydrogen) atoms. The Morgan fingerprint density at radius 1 is 1.00 bits per heavy atom. The molecule has 0 aromatic carbocycles. The van der Waals surface area contributed by atoms with E-state index in [1.54, 1.807) is 12.3 Å². The molecule has 2 fully saturated rings. The second-order valence-electron chi connectivity index (χ2n) is 8.79. The third kappa shape index (κ3) is 4.80. The van der Waals surface area contributed by atoms with Crippen LogP contribution in [0.1, 0.15) is 51.4 Å². The third-order valence-corrected chi connectivity index (χ3v) is 6.70. The Bertz CT molecular complexity index is 1090. The lowest BCUT2D eigenvalue weighted by molar-refractivity contribution is 0.228. The van der Waals surface area contributed by atoms with Crippen LogP contribution in [0.15, 0.2) is 30.6 Å². The van der Waals surface area contributed by atoms with E-state index in [0.717, 1.165) is 60.8 Å². The van der Waals surface area contributed by atoms with Crippen LogP contribution in [0.3, 0.4) is 0 Å². The summed E-state index contributed by atoms with van der Waals surface area (Å²) in [6, 6.07) is 6.47. The molecule has 2 aliphatic carbocycles. The van der Waals surface area contributed by atoms with Crippen molar-refractivity contribution >= 4 is 34.6 Å². The van der Waals surface area contributed by atoms with Gasteiger partial charge in [0.2, 0.25) is 5.95 Å². The van der Waals surface area contributed by atoms with Crippen LogP contribution in [0.5, 0.6) is 0 Å². The summed E-state index contributed by atoms with van der Waals surface area (Å²) in [5, 5.41) is 11.1. The Morgan fingerprint density at radius 2 is 1.72 bits per heavy atom. The highest BCUT2D eigenvalue weighted by atomic mass is 35.5. The molecule has 0 bridgehead atoms. The van der Waals surface area contributed by atoms with Gasteiger partial charge < -0.3 is 20.9 Å². The number of nitrogens with zero attached hydrogens (tertiary/aromatic N) is 3. The predicted octanol–water partition coefficient (Wildman–Crippen LogP) is 4.64. The maximum Gasteiger partial charge on any atom is 0.315 e. The Kier molecular flexibility index (Phi) is 6.12. The van der Waals surface area contributed by atoms with E-state index in [1.807, 2.05) is 18.3 Å². The van der Waals surface area contributed by atoms with Crippen molar-refractivity contribution in [3.63, 3.8) is 0 Å². The average molecular weight is 454 g/mol. The smallest absolute Gasteiger partial charge is 0.315 e. The molecule has 4 N–H and O–H groups in total. The molecule has 168 valence electrons. The molecule has 5 rings (SSSR count). The third-order valence-electron chi connectivity index (χ3n) is 6.51. The van der Waals surface area contributed by atoms with Gasteiger partial charge in [-0.2, -0.15) is 0 Å². The van der Waals surface area contributed by atoms with Gasteiger partial charge in [-0.15, -0.1) is 0 Å². The number of carbonyl (C=O) groups is 1. The molecular weight excluding hydrogens is 426 g/mol. The molecule has 2 aliphatic rings. The minimum Gasteiger partial charge on any atom is -0.351 e. The van der Waals surface area contributed by atoms with E-state index in [0.29, 0.717) is 17.1 Å². The lowest BCUT2D eigenvalue weighted by Gasteiger charge is -2.30. The van der Waals surface area contributed by atoms with Crippen LogP contribution in [0.2, 0.25) is 5.15 Å². The zero-order valence-corrected chi connectivity index (χ0v) is 18.7. The maximum atomic E-state index is 12.2. The second-order valence-corrected chi connectivity index (χ2v) is 9.18. The quantitative estimate of drug-likeness (QED) is 0.421. The number of amides is 2. The Balaban J connectivity index is 1.19. The number of carbonyl (C=O) groups excluding carboxylic acids is 1. The van der Waals surface area contributed by atoms with Crippen molar-refractivity contribution in [1.82, 2.24) is 30.6 Å². The maximum absolute atomic E-state index is 12.2. The van der Waals surface area contributed by atoms with Gasteiger partial charge >= 0.3 is 6.03 Å². The molecule has 0 unspecified atom stereocenters. The van der Waals surface area contributed by atoms with Crippen molar-refractivity contribution < 1.29 is 4.79 Å². The van der Waals surface area contributed by atoms with Crippen molar-refractivity contribution in [1.29, 1.82) is 0 Å². The number of aromatic amines is 1. The van der Waals surface area contributed by atoms with Crippen molar-refractivity contribution in [2.45, 2.75) is 69.5 Å². The highest BCUT2D eigenvalue weighted by Gasteiger charge is 2.24. The summed E-state index contributed by atoms with van der Waals surface area (Å²) < 4.78 is 0. The first kappa shape index (κ1) is 21.0. The van der Waals surface area contributed by atoms with Crippen LogP contribution in [0.25, 0.3) is 22.3 Å². The van der Waals surface area contributed by atoms with E-state index < -0.39 is 0 Å². The summed E-state index contributed by atoms with van der Waals surface area (Å²) in [7, 11) is 0. The molecule has 3 aromatic heterocycles. The molecule has 3 heterocycles. The highest BCUT2D eigenvalue weighted by Crippen LogP contribution is 2.29. The molecule has 0 spiro atoms. The zero-order valence-electron chi connectivity index (χ0n) is 17.9. The Hall–Kier alpha value is -2.87. The van der Waals surface area contributed by atoms with Crippen molar-refractivity contribution in [3.05, 3.63) is 35.7 Å². The minimum atomic E-state index is -0.0238. The van der Waals surface area contributed by atoms with E-state index in [9.17, 15) is 4.79 Å². The van der Waals surface area contributed by atoms with Crippen LogP contribution >= 0.6 is 11.6 Å². The van der Waals surface area contributed by atoms with Gasteiger partial charge in [-0.3, -0.25) is 0 Å². The molecule has 0 atom stereocenters. The SMILES string of the molecule is O=C(NC1CCCC1)NC1CCC(Nc2nc(Cl)cc(-c3c[nH]c4ncccc34)n2)CC1. The van der Waals surface area contributed by atoms with Gasteiger partial charge in [0.25, 0.3) is 0 Å². The number of halogens is 1. The lowest BCUT2D eigenvalue weighted by atomic mass is 9.91. The van der Waals surface area contributed by atoms with Crippen LogP contribution < -0.4 is 16.0 Å². The number of hydrogen-bond acceptors (Lipinski definition) is 5. The van der Waals surface area contributed by atoms with Crippen LogP contribution in [0, 0.1) is 0 Å². The van der Waals surface area contributed by atoms with Crippen LogP contribution in [0.4, 0.5) is 10.7 Å². The van der Waals surface area contributed by atoms with Gasteiger partial charge in [0.1, 0.15) is 10.8 Å². The number of pyridine rings is 1. The number of rotatable bonds is 5. The Morgan fingerprint density at radius 3 is 2.50 bits per heavy atom. The Labute approximate surface area is 192 Å². The second kappa shape index (κ2) is 9.32. The fourth-order valence-corrected chi connectivity index (χ4v) is 5.02. The van der Waals surface area contributed by atoms with Gasteiger partial charge in [0.15, 0.2) is 0 Å². The molecule has 3 aromatic rings. The molecule has 8 nitrogen and oxygen atoms in total. The van der Waals surface area contributed by atoms with Gasteiger partial charge in [0, 0.05) is 47.5 Å². The van der Waals surface area contributed by atoms with E-state index >= 15 is 0 Å². The summed E-state index contributed by atoms with van der Waals surface area (Å²) in [5.41, 5.74) is 2.52. The number of anilines is 1. The van der Waals surface area contributed by atoms with Crippen molar-refractivity contribution in [3.8, 4) is 11.3 Å². The molecule has 0 saturated heterocycles. The molecular formula is C23H28ClN7O. The summed E-state index contributed by atoms with van der Waals surface area (Å²) in [4.78, 5) is 28.8. The molecule has 9 heteroatoms. The van der Waals surface area contributed by atoms with E-state index in [-0.39, 0.29) is 18.1 Å². The highest BCUT2D eigenvalue weighted by molar-refractivity contribution is 6.29. The first-order valence-electron chi connectivity index (χ1n) is 11.4. The summed E-state index contributed by atoms with van der Waals surface area (Å²) in [6.07, 6.45) is 12.0. The first-order valence-corrected chi connectivity index (χ1v) is 11.8. The molecule has 0 aliphatic heterocycles. The predicted molar refractivity (Wildman–Crippen MR) is 126 cm³/mol. The summed E-state index contributed by atoms with van der Waals surface area (Å²) >= 11 is 6.31. The number of urea groups is 1. The number of aromatic nitrogens is 4. The lowest BCUT2D eigenvalue weighted by Crippen LogP contribution is -2.47. The number of nitrogens with one attached hydrogen (secondary N) is 4. The minimum absolute atomic E-state index is 0.0238. The monoisotopic (exact) mass is 453 g/mol. The van der Waals surface area contributed by atoms with Crippen LogP contribution in [-0.4, -0.2) is 44.1 Å². The van der Waals surface area contributed by atoms with Gasteiger partial charge in [-0.25, -0.2) is 19.7 Å². The van der Waals surface area contributed by atoms with Gasteiger partial charge in [0.05, 0.1) is 5.69 Å². The van der Waals surface area contributed by atoms with E-state index in [2.05, 4.69) is 30.9 Å². The van der Waals surface area contributed by atoms with Gasteiger partial charge in [-0.1, -0.05) is 24.4 Å². The fraction of sp³-hybridized carbons (Fsp3) is 0.478. The largest absolute Gasteiger partial charge is 0.351 e. The first-order chi connectivity index (χ1) is 15.6. The summed E-state index contributed by atoms with van der Waals surface area (Å²) in [6.45, 7) is 0. The topological polar surface area (TPSA) is 108 Å². The van der Waals surface area contributed by atoms with Crippen molar-refractivity contribution in [2.75, 3.05) is 5.32 Å². The molecule has 0 radical (unpaired) electrons. The summed E-state index contributed by atoms with van der Waals surface area (Å²) in [5.74, 6) is 0.529. The zero-order chi connectivity index (χ0) is 21.9. The molecule has 2 amide bonds. The number of H-pyrrole nitrogens is 1. The number of hydrogen-bond donors (Lipinski definition) is 4. The van der Waals surface area contributed by atoms with Gasteiger partial charge in [-0.05, 0) is 50.7 Å². The van der Waals surface area contributed by atoms with E-state index in [4.69, 9.17) is 16.6 Å². The van der Waals surface area contributed by atoms with Crippen LogP contribution in [-0.2, 0) is 0 Å².